The molecule has 68 valence electrons. The molecule has 0 amide bonds. The van der Waals surface area contributed by atoms with E-state index in [9.17, 15) is 4.79 Å². The first-order valence-corrected chi connectivity index (χ1v) is 1.12. The zero-order chi connectivity index (χ0) is 4.28. The zero-order valence-corrected chi connectivity index (χ0v) is 13.2. The minimum atomic E-state index is -0.981. The van der Waals surface area contributed by atoms with Crippen LogP contribution in [0.5, 0.6) is 0 Å². The third kappa shape index (κ3) is 54.7. The Bertz CT molecular complexity index is 65.9. The van der Waals surface area contributed by atoms with E-state index in [4.69, 9.17) is 5.11 Å². The lowest BCUT2D eigenvalue weighted by molar-refractivity contribution is -0.131. The average molecular weight is 477 g/mol. The molecular formula is C3H9Br5O2. The first-order chi connectivity index (χ1) is 2.27. The highest BCUT2D eigenvalue weighted by molar-refractivity contribution is 8.93. The molecule has 0 atom stereocenters. The molecule has 0 fully saturated rings. The average Bonchev–Trinajstić information content (AvgIpc) is 1.38. The summed E-state index contributed by atoms with van der Waals surface area (Å²) in [6.45, 7) is 2.96. The third-order valence-corrected chi connectivity index (χ3v) is 0.175. The van der Waals surface area contributed by atoms with Crippen molar-refractivity contribution in [2.24, 2.45) is 0 Å². The summed E-state index contributed by atoms with van der Waals surface area (Å²) < 4.78 is 0. The van der Waals surface area contributed by atoms with Crippen LogP contribution in [0.3, 0.4) is 0 Å². The topological polar surface area (TPSA) is 37.3 Å². The van der Waals surface area contributed by atoms with Crippen LogP contribution in [-0.2, 0) is 4.79 Å². The van der Waals surface area contributed by atoms with E-state index in [1.165, 1.54) is 0 Å². The van der Waals surface area contributed by atoms with Crippen molar-refractivity contribution < 1.29 is 9.90 Å². The Morgan fingerprint density at radius 2 is 1.20 bits per heavy atom. The highest BCUT2D eigenvalue weighted by Gasteiger charge is 1.73. The molecular weight excluding hydrogens is 468 g/mol. The highest BCUT2D eigenvalue weighted by Crippen LogP contribution is 1.54. The second kappa shape index (κ2) is 31.1. The monoisotopic (exact) mass is 472 g/mol. The van der Waals surface area contributed by atoms with Crippen molar-refractivity contribution in [3.63, 3.8) is 0 Å². The summed E-state index contributed by atoms with van der Waals surface area (Å²) in [6, 6.07) is 0. The first-order valence-electron chi connectivity index (χ1n) is 1.12. The number of carboxylic acids is 1. The summed E-state index contributed by atoms with van der Waals surface area (Å²) >= 11 is 0. The van der Waals surface area contributed by atoms with Gasteiger partial charge in [0.25, 0.3) is 0 Å². The van der Waals surface area contributed by atoms with Crippen LogP contribution in [0, 0.1) is 0 Å². The minimum Gasteiger partial charge on any atom is -0.478 e. The molecule has 0 saturated heterocycles. The van der Waals surface area contributed by atoms with E-state index in [1.54, 1.807) is 0 Å². The van der Waals surface area contributed by atoms with Gasteiger partial charge in [-0.2, -0.15) is 0 Å². The molecule has 0 spiro atoms. The van der Waals surface area contributed by atoms with Gasteiger partial charge in [0.1, 0.15) is 0 Å². The molecule has 0 rings (SSSR count). The van der Waals surface area contributed by atoms with Gasteiger partial charge < -0.3 is 5.11 Å². The van der Waals surface area contributed by atoms with E-state index in [1.807, 2.05) is 0 Å². The molecule has 0 radical (unpaired) electrons. The Morgan fingerprint density at radius 3 is 1.20 bits per heavy atom. The minimum absolute atomic E-state index is 0. The summed E-state index contributed by atoms with van der Waals surface area (Å²) in [6.07, 6.45) is 0.833. The van der Waals surface area contributed by atoms with Crippen LogP contribution in [0.4, 0.5) is 0 Å². The van der Waals surface area contributed by atoms with Crippen molar-refractivity contribution in [2.45, 2.75) is 0 Å². The SMILES string of the molecule is Br.Br.Br.Br.Br.C=CC(=O)O. The molecule has 0 saturated carbocycles. The van der Waals surface area contributed by atoms with Gasteiger partial charge in [-0.1, -0.05) is 6.58 Å². The van der Waals surface area contributed by atoms with Crippen molar-refractivity contribution in [2.75, 3.05) is 0 Å². The smallest absolute Gasteiger partial charge is 0.327 e. The lowest BCUT2D eigenvalue weighted by atomic mass is 10.7. The van der Waals surface area contributed by atoms with E-state index in [2.05, 4.69) is 6.58 Å². The van der Waals surface area contributed by atoms with E-state index >= 15 is 0 Å². The molecule has 1 N–H and O–H groups in total. The van der Waals surface area contributed by atoms with Gasteiger partial charge in [-0.15, -0.1) is 84.9 Å². The molecule has 7 heteroatoms. The molecule has 0 aliphatic rings. The summed E-state index contributed by atoms with van der Waals surface area (Å²) in [4.78, 5) is 9.25. The Morgan fingerprint density at radius 1 is 1.10 bits per heavy atom. The molecule has 2 nitrogen and oxygen atoms in total. The molecule has 0 aromatic heterocycles. The molecule has 0 aliphatic carbocycles. The van der Waals surface area contributed by atoms with Crippen LogP contribution < -0.4 is 0 Å². The predicted octanol–water partition coefficient (Wildman–Crippen LogP) is 3.15. The maximum atomic E-state index is 9.25. The molecule has 10 heavy (non-hydrogen) atoms. The van der Waals surface area contributed by atoms with Crippen LogP contribution in [0.1, 0.15) is 0 Å². The predicted molar refractivity (Wildman–Crippen MR) is 69.4 cm³/mol. The van der Waals surface area contributed by atoms with E-state index in [-0.39, 0.29) is 84.9 Å². The fourth-order valence-corrected chi connectivity index (χ4v) is 0. The summed E-state index contributed by atoms with van der Waals surface area (Å²) in [7, 11) is 0. The Balaban J connectivity index is -0.00000000800. The maximum absolute atomic E-state index is 9.25. The van der Waals surface area contributed by atoms with Crippen LogP contribution >= 0.6 is 84.9 Å². The van der Waals surface area contributed by atoms with Gasteiger partial charge >= 0.3 is 5.97 Å². The number of aliphatic carboxylic acids is 1. The molecule has 0 unspecified atom stereocenters. The summed E-state index contributed by atoms with van der Waals surface area (Å²) in [5.41, 5.74) is 0. The van der Waals surface area contributed by atoms with Crippen LogP contribution in [0.2, 0.25) is 0 Å². The van der Waals surface area contributed by atoms with Gasteiger partial charge in [-0.25, -0.2) is 4.79 Å². The maximum Gasteiger partial charge on any atom is 0.327 e. The number of carboxylic acid groups (broad SMARTS) is 1. The van der Waals surface area contributed by atoms with E-state index in [0.717, 1.165) is 6.08 Å². The number of hydrogen-bond acceptors (Lipinski definition) is 1. The number of halogens is 5. The second-order valence-electron chi connectivity index (χ2n) is 0.542. The van der Waals surface area contributed by atoms with Crippen molar-refractivity contribution in [1.29, 1.82) is 0 Å². The number of hydrogen-bond donors (Lipinski definition) is 1. The first kappa shape index (κ1) is 41.5. The van der Waals surface area contributed by atoms with Crippen molar-refractivity contribution in [1.82, 2.24) is 0 Å². The second-order valence-corrected chi connectivity index (χ2v) is 0.542. The van der Waals surface area contributed by atoms with Crippen LogP contribution in [0.15, 0.2) is 12.7 Å². The molecule has 0 heterocycles. The van der Waals surface area contributed by atoms with Crippen molar-refractivity contribution in [3.8, 4) is 0 Å². The molecule has 0 aromatic rings. The highest BCUT2D eigenvalue weighted by atomic mass is 79.9. The number of carbonyl (C=O) groups is 1. The number of rotatable bonds is 1. The van der Waals surface area contributed by atoms with Gasteiger partial charge in [-0.3, -0.25) is 0 Å². The fraction of sp³-hybridized carbons (Fsp3) is 0. The largest absolute Gasteiger partial charge is 0.478 e. The Labute approximate surface area is 112 Å². The zero-order valence-electron chi connectivity index (χ0n) is 4.68. The van der Waals surface area contributed by atoms with Gasteiger partial charge in [0.15, 0.2) is 0 Å². The Kier molecular flexibility index (Phi) is 129. The van der Waals surface area contributed by atoms with Crippen molar-refractivity contribution >= 4 is 90.9 Å². The van der Waals surface area contributed by atoms with Gasteiger partial charge in [0.05, 0.1) is 0 Å². The van der Waals surface area contributed by atoms with Gasteiger partial charge in [-0.05, 0) is 0 Å². The Hall–Kier alpha value is 1.61. The quantitative estimate of drug-likeness (QED) is 0.591. The van der Waals surface area contributed by atoms with Gasteiger partial charge in [0.2, 0.25) is 0 Å². The van der Waals surface area contributed by atoms with E-state index < -0.39 is 5.97 Å². The third-order valence-electron chi connectivity index (χ3n) is 0.175. The normalized spacial score (nSPS) is 3.20. The lowest BCUT2D eigenvalue weighted by Gasteiger charge is -1.64. The van der Waals surface area contributed by atoms with Crippen LogP contribution in [0.25, 0.3) is 0 Å². The summed E-state index contributed by atoms with van der Waals surface area (Å²) in [5.74, 6) is -0.981. The fourth-order valence-electron chi connectivity index (χ4n) is 0. The van der Waals surface area contributed by atoms with Crippen LogP contribution in [-0.4, -0.2) is 11.1 Å². The standard InChI is InChI=1S/C3H4O2.5BrH/c1-2-3(4)5;;;;;/h2H,1H2,(H,4,5);5*1H. The molecule has 0 aliphatic heterocycles. The lowest BCUT2D eigenvalue weighted by Crippen LogP contribution is -1.82. The molecule has 0 aromatic carbocycles. The summed E-state index contributed by atoms with van der Waals surface area (Å²) in [5, 5.41) is 7.60. The van der Waals surface area contributed by atoms with E-state index in [0.29, 0.717) is 0 Å². The van der Waals surface area contributed by atoms with Gasteiger partial charge in [0, 0.05) is 6.08 Å². The van der Waals surface area contributed by atoms with Crippen molar-refractivity contribution in [3.05, 3.63) is 12.7 Å². The molecule has 0 bridgehead atoms.